The number of rotatable bonds is 4. The quantitative estimate of drug-likeness (QED) is 0.858. The predicted octanol–water partition coefficient (Wildman–Crippen LogP) is 1.51. The average Bonchev–Trinajstić information content (AvgIpc) is 3.01. The maximum Gasteiger partial charge on any atom is 0.257 e. The molecule has 23 heavy (non-hydrogen) atoms. The Labute approximate surface area is 135 Å². The zero-order valence-electron chi connectivity index (χ0n) is 13.4. The van der Waals surface area contributed by atoms with Gasteiger partial charge in [0, 0.05) is 32.8 Å². The van der Waals surface area contributed by atoms with Crippen LogP contribution in [0.2, 0.25) is 0 Å². The van der Waals surface area contributed by atoms with Crippen molar-refractivity contribution < 1.29 is 14.3 Å². The Kier molecular flexibility index (Phi) is 4.62. The second-order valence-corrected chi connectivity index (χ2v) is 5.70. The van der Waals surface area contributed by atoms with E-state index in [2.05, 4.69) is 5.10 Å². The molecular formula is C17H21N3O3. The lowest BCUT2D eigenvalue weighted by molar-refractivity contribution is -0.0208. The first-order valence-corrected chi connectivity index (χ1v) is 7.68. The number of aromatic nitrogens is 2. The molecule has 1 fully saturated rings. The Morgan fingerprint density at radius 2 is 2.35 bits per heavy atom. The molecule has 0 N–H and O–H groups in total. The van der Waals surface area contributed by atoms with E-state index in [1.165, 1.54) is 0 Å². The lowest BCUT2D eigenvalue weighted by Gasteiger charge is -2.33. The zero-order chi connectivity index (χ0) is 16.2. The van der Waals surface area contributed by atoms with E-state index >= 15 is 0 Å². The Morgan fingerprint density at radius 1 is 1.48 bits per heavy atom. The van der Waals surface area contributed by atoms with Crippen LogP contribution in [0.1, 0.15) is 15.9 Å². The van der Waals surface area contributed by atoms with Crippen molar-refractivity contribution in [3.05, 3.63) is 47.8 Å². The molecule has 0 radical (unpaired) electrons. The van der Waals surface area contributed by atoms with E-state index in [4.69, 9.17) is 9.47 Å². The molecule has 1 saturated heterocycles. The Hall–Kier alpha value is -2.34. The number of carbonyl (C=O) groups is 1. The van der Waals surface area contributed by atoms with Crippen molar-refractivity contribution in [2.24, 2.45) is 7.05 Å². The molecule has 1 aliphatic heterocycles. The number of hydrogen-bond donors (Lipinski definition) is 0. The van der Waals surface area contributed by atoms with Gasteiger partial charge in [-0.15, -0.1) is 0 Å². The van der Waals surface area contributed by atoms with Crippen LogP contribution in [0, 0.1) is 0 Å². The summed E-state index contributed by atoms with van der Waals surface area (Å²) in [5.41, 5.74) is 1.76. The van der Waals surface area contributed by atoms with Crippen LogP contribution in [0.25, 0.3) is 0 Å². The fourth-order valence-corrected chi connectivity index (χ4v) is 2.80. The third-order valence-electron chi connectivity index (χ3n) is 3.98. The second kappa shape index (κ2) is 6.83. The van der Waals surface area contributed by atoms with E-state index in [9.17, 15) is 4.79 Å². The van der Waals surface area contributed by atoms with Crippen LogP contribution < -0.4 is 4.74 Å². The third kappa shape index (κ3) is 3.71. The number of ether oxygens (including phenoxy) is 2. The van der Waals surface area contributed by atoms with Gasteiger partial charge in [-0.3, -0.25) is 9.48 Å². The third-order valence-corrected chi connectivity index (χ3v) is 3.98. The number of carbonyl (C=O) groups excluding carboxylic acids is 1. The average molecular weight is 315 g/mol. The minimum Gasteiger partial charge on any atom is -0.497 e. The Morgan fingerprint density at radius 3 is 3.09 bits per heavy atom. The molecule has 1 amide bonds. The summed E-state index contributed by atoms with van der Waals surface area (Å²) < 4.78 is 12.7. The van der Waals surface area contributed by atoms with Gasteiger partial charge in [-0.1, -0.05) is 12.1 Å². The molecule has 2 aromatic rings. The van der Waals surface area contributed by atoms with Gasteiger partial charge in [0.1, 0.15) is 5.75 Å². The summed E-state index contributed by atoms with van der Waals surface area (Å²) in [5, 5.41) is 4.06. The number of methoxy groups -OCH3 is 1. The monoisotopic (exact) mass is 315 g/mol. The smallest absolute Gasteiger partial charge is 0.257 e. The Bertz CT molecular complexity index is 683. The zero-order valence-corrected chi connectivity index (χ0v) is 13.4. The van der Waals surface area contributed by atoms with Gasteiger partial charge in [-0.05, 0) is 17.7 Å². The van der Waals surface area contributed by atoms with Crippen molar-refractivity contribution in [3.8, 4) is 5.75 Å². The summed E-state index contributed by atoms with van der Waals surface area (Å²) in [6.45, 7) is 1.76. The van der Waals surface area contributed by atoms with Crippen LogP contribution in [0.5, 0.6) is 5.75 Å². The highest BCUT2D eigenvalue weighted by molar-refractivity contribution is 5.93. The molecule has 0 saturated carbocycles. The first-order chi connectivity index (χ1) is 11.2. The second-order valence-electron chi connectivity index (χ2n) is 5.70. The molecule has 1 aliphatic rings. The van der Waals surface area contributed by atoms with Crippen LogP contribution in [0.3, 0.4) is 0 Å². The molecule has 0 bridgehead atoms. The van der Waals surface area contributed by atoms with E-state index in [0.29, 0.717) is 25.3 Å². The number of nitrogens with zero attached hydrogens (tertiary/aromatic N) is 3. The van der Waals surface area contributed by atoms with E-state index < -0.39 is 0 Å². The fourth-order valence-electron chi connectivity index (χ4n) is 2.80. The molecule has 122 valence electrons. The standard InChI is InChI=1S/C17H21N3O3/c1-19-11-14(10-18-19)17(21)20-6-7-23-16(12-20)9-13-4-3-5-15(8-13)22-2/h3-5,8,10-11,16H,6-7,9,12H2,1-2H3. The van der Waals surface area contributed by atoms with Gasteiger partial charge in [-0.25, -0.2) is 0 Å². The fraction of sp³-hybridized carbons (Fsp3) is 0.412. The molecule has 6 nitrogen and oxygen atoms in total. The van der Waals surface area contributed by atoms with Crippen molar-refractivity contribution in [1.29, 1.82) is 0 Å². The van der Waals surface area contributed by atoms with Gasteiger partial charge in [0.05, 0.1) is 31.6 Å². The largest absolute Gasteiger partial charge is 0.497 e. The summed E-state index contributed by atoms with van der Waals surface area (Å²) in [6, 6.07) is 7.94. The number of amides is 1. The van der Waals surface area contributed by atoms with Crippen molar-refractivity contribution >= 4 is 5.91 Å². The molecule has 1 unspecified atom stereocenters. The summed E-state index contributed by atoms with van der Waals surface area (Å²) in [5.74, 6) is 0.846. The van der Waals surface area contributed by atoms with Crippen molar-refractivity contribution in [3.63, 3.8) is 0 Å². The van der Waals surface area contributed by atoms with Gasteiger partial charge < -0.3 is 14.4 Å². The minimum atomic E-state index is -0.00326. The topological polar surface area (TPSA) is 56.6 Å². The SMILES string of the molecule is COc1cccc(CC2CN(C(=O)c3cnn(C)c3)CCO2)c1. The van der Waals surface area contributed by atoms with Gasteiger partial charge in [0.25, 0.3) is 5.91 Å². The van der Waals surface area contributed by atoms with E-state index in [1.807, 2.05) is 36.2 Å². The van der Waals surface area contributed by atoms with Gasteiger partial charge in [0.2, 0.25) is 0 Å². The molecular weight excluding hydrogens is 294 g/mol. The summed E-state index contributed by atoms with van der Waals surface area (Å²) in [4.78, 5) is 14.3. The maximum atomic E-state index is 12.5. The number of hydrogen-bond acceptors (Lipinski definition) is 4. The van der Waals surface area contributed by atoms with Crippen LogP contribution >= 0.6 is 0 Å². The minimum absolute atomic E-state index is 0.00326. The molecule has 0 aliphatic carbocycles. The maximum absolute atomic E-state index is 12.5. The number of aryl methyl sites for hydroxylation is 1. The summed E-state index contributed by atoms with van der Waals surface area (Å²) >= 11 is 0. The van der Waals surface area contributed by atoms with Crippen LogP contribution in [0.15, 0.2) is 36.7 Å². The molecule has 6 heteroatoms. The molecule has 0 spiro atoms. The molecule has 3 rings (SSSR count). The van der Waals surface area contributed by atoms with Gasteiger partial charge in [0.15, 0.2) is 0 Å². The Balaban J connectivity index is 1.64. The predicted molar refractivity (Wildman–Crippen MR) is 85.5 cm³/mol. The van der Waals surface area contributed by atoms with Gasteiger partial charge in [-0.2, -0.15) is 5.10 Å². The van der Waals surface area contributed by atoms with Crippen LogP contribution in [0.4, 0.5) is 0 Å². The lowest BCUT2D eigenvalue weighted by Crippen LogP contribution is -2.46. The molecule has 1 aromatic carbocycles. The highest BCUT2D eigenvalue weighted by Crippen LogP contribution is 2.18. The van der Waals surface area contributed by atoms with Crippen molar-refractivity contribution in [2.75, 3.05) is 26.8 Å². The van der Waals surface area contributed by atoms with Gasteiger partial charge >= 0.3 is 0 Å². The molecule has 2 heterocycles. The van der Waals surface area contributed by atoms with E-state index in [1.54, 1.807) is 24.2 Å². The summed E-state index contributed by atoms with van der Waals surface area (Å²) in [6.07, 6.45) is 4.11. The van der Waals surface area contributed by atoms with Crippen LogP contribution in [-0.4, -0.2) is 53.5 Å². The summed E-state index contributed by atoms with van der Waals surface area (Å²) in [7, 11) is 3.46. The highest BCUT2D eigenvalue weighted by Gasteiger charge is 2.25. The van der Waals surface area contributed by atoms with Crippen molar-refractivity contribution in [1.82, 2.24) is 14.7 Å². The lowest BCUT2D eigenvalue weighted by atomic mass is 10.1. The molecule has 1 aromatic heterocycles. The number of morpholine rings is 1. The first-order valence-electron chi connectivity index (χ1n) is 7.68. The molecule has 1 atom stereocenters. The van der Waals surface area contributed by atoms with E-state index in [0.717, 1.165) is 17.7 Å². The van der Waals surface area contributed by atoms with E-state index in [-0.39, 0.29) is 12.0 Å². The first kappa shape index (κ1) is 15.6. The normalized spacial score (nSPS) is 18.0. The van der Waals surface area contributed by atoms with Crippen molar-refractivity contribution in [2.45, 2.75) is 12.5 Å². The highest BCUT2D eigenvalue weighted by atomic mass is 16.5. The van der Waals surface area contributed by atoms with Crippen LogP contribution in [-0.2, 0) is 18.2 Å². The number of benzene rings is 1.